The van der Waals surface area contributed by atoms with Crippen LogP contribution in [-0.2, 0) is 0 Å². The van der Waals surface area contributed by atoms with Crippen LogP contribution in [0.5, 0.6) is 5.75 Å². The first-order chi connectivity index (χ1) is 9.49. The van der Waals surface area contributed by atoms with Gasteiger partial charge in [0.15, 0.2) is 5.78 Å². The summed E-state index contributed by atoms with van der Waals surface area (Å²) >= 11 is 0. The molecule has 20 heavy (non-hydrogen) atoms. The van der Waals surface area contributed by atoms with Crippen molar-refractivity contribution in [3.8, 4) is 5.75 Å². The molecule has 2 aromatic carbocycles. The Bertz CT molecular complexity index is 672. The summed E-state index contributed by atoms with van der Waals surface area (Å²) in [6, 6.07) is 12.4. The highest BCUT2D eigenvalue weighted by Crippen LogP contribution is 2.22. The average molecular weight is 268 g/mol. The number of Topliss-reactive ketones (excluding diaryl/α,β-unsaturated/α-hetero) is 1. The smallest absolute Gasteiger partial charge is 0.343 e. The maximum Gasteiger partial charge on any atom is 0.343 e. The molecule has 0 atom stereocenters. The molecule has 0 amide bonds. The monoisotopic (exact) mass is 268 g/mol. The van der Waals surface area contributed by atoms with E-state index in [1.54, 1.807) is 24.3 Å². The number of hydrogen-bond donors (Lipinski definition) is 0. The highest BCUT2D eigenvalue weighted by Gasteiger charge is 2.15. The van der Waals surface area contributed by atoms with Crippen molar-refractivity contribution >= 4 is 11.8 Å². The molecule has 0 saturated heterocycles. The zero-order valence-electron chi connectivity index (χ0n) is 11.8. The first kappa shape index (κ1) is 14.0. The van der Waals surface area contributed by atoms with E-state index in [2.05, 4.69) is 0 Å². The second-order valence-electron chi connectivity index (χ2n) is 4.76. The number of esters is 1. The second kappa shape index (κ2) is 5.70. The topological polar surface area (TPSA) is 43.4 Å². The number of carbonyl (C=O) groups is 2. The lowest BCUT2D eigenvalue weighted by Gasteiger charge is -2.10. The molecule has 3 heteroatoms. The summed E-state index contributed by atoms with van der Waals surface area (Å²) in [7, 11) is 0. The predicted molar refractivity (Wildman–Crippen MR) is 77.3 cm³/mol. The molecule has 0 bridgehead atoms. The Kier molecular flexibility index (Phi) is 3.99. The maximum atomic E-state index is 12.2. The van der Waals surface area contributed by atoms with Gasteiger partial charge in [-0.2, -0.15) is 0 Å². The van der Waals surface area contributed by atoms with E-state index in [9.17, 15) is 9.59 Å². The Hall–Kier alpha value is -2.42. The van der Waals surface area contributed by atoms with Gasteiger partial charge in [-0.05, 0) is 44.5 Å². The van der Waals surface area contributed by atoms with Crippen molar-refractivity contribution in [2.24, 2.45) is 0 Å². The van der Waals surface area contributed by atoms with Gasteiger partial charge >= 0.3 is 5.97 Å². The van der Waals surface area contributed by atoms with Crippen molar-refractivity contribution in [3.63, 3.8) is 0 Å². The molecule has 102 valence electrons. The molecule has 0 N–H and O–H groups in total. The largest absolute Gasteiger partial charge is 0.422 e. The Balaban J connectivity index is 2.33. The molecule has 0 spiro atoms. The third kappa shape index (κ3) is 2.94. The molecular formula is C17H16O3. The molecule has 3 nitrogen and oxygen atoms in total. The van der Waals surface area contributed by atoms with Crippen molar-refractivity contribution < 1.29 is 14.3 Å². The lowest BCUT2D eigenvalue weighted by atomic mass is 10.1. The van der Waals surface area contributed by atoms with Crippen LogP contribution in [0.2, 0.25) is 0 Å². The van der Waals surface area contributed by atoms with Gasteiger partial charge in [0, 0.05) is 0 Å². The van der Waals surface area contributed by atoms with Crippen LogP contribution in [-0.4, -0.2) is 11.8 Å². The van der Waals surface area contributed by atoms with Crippen LogP contribution in [0.4, 0.5) is 0 Å². The molecule has 2 rings (SSSR count). The van der Waals surface area contributed by atoms with E-state index in [-0.39, 0.29) is 5.78 Å². The highest BCUT2D eigenvalue weighted by atomic mass is 16.5. The van der Waals surface area contributed by atoms with Crippen molar-refractivity contribution in [3.05, 3.63) is 64.7 Å². The normalized spacial score (nSPS) is 10.2. The average Bonchev–Trinajstić information content (AvgIpc) is 2.41. The fourth-order valence-electron chi connectivity index (χ4n) is 1.96. The first-order valence-electron chi connectivity index (χ1n) is 6.38. The van der Waals surface area contributed by atoms with E-state index in [1.807, 2.05) is 32.0 Å². The Morgan fingerprint density at radius 3 is 2.30 bits per heavy atom. The minimum absolute atomic E-state index is 0.124. The van der Waals surface area contributed by atoms with Crippen LogP contribution in [0.25, 0.3) is 0 Å². The second-order valence-corrected chi connectivity index (χ2v) is 4.76. The van der Waals surface area contributed by atoms with Gasteiger partial charge in [0.25, 0.3) is 0 Å². The molecule has 0 aliphatic carbocycles. The number of hydrogen-bond acceptors (Lipinski definition) is 3. The van der Waals surface area contributed by atoms with Gasteiger partial charge in [-0.15, -0.1) is 0 Å². The van der Waals surface area contributed by atoms with E-state index in [0.29, 0.717) is 16.9 Å². The minimum Gasteiger partial charge on any atom is -0.422 e. The van der Waals surface area contributed by atoms with E-state index >= 15 is 0 Å². The summed E-state index contributed by atoms with van der Waals surface area (Å²) in [4.78, 5) is 23.8. The van der Waals surface area contributed by atoms with Gasteiger partial charge in [-0.1, -0.05) is 29.8 Å². The Labute approximate surface area is 118 Å². The van der Waals surface area contributed by atoms with Gasteiger partial charge in [0.1, 0.15) is 5.75 Å². The summed E-state index contributed by atoms with van der Waals surface area (Å²) in [5, 5.41) is 0. The minimum atomic E-state index is -0.450. The van der Waals surface area contributed by atoms with Crippen molar-refractivity contribution in [2.75, 3.05) is 0 Å². The van der Waals surface area contributed by atoms with Crippen molar-refractivity contribution in [1.29, 1.82) is 0 Å². The van der Waals surface area contributed by atoms with Crippen LogP contribution in [0, 0.1) is 13.8 Å². The quantitative estimate of drug-likeness (QED) is 0.484. The zero-order valence-corrected chi connectivity index (χ0v) is 11.8. The molecule has 0 aromatic heterocycles. The van der Waals surface area contributed by atoms with E-state index in [4.69, 9.17) is 4.74 Å². The maximum absolute atomic E-state index is 12.2. The number of ether oxygens (including phenoxy) is 1. The fourth-order valence-corrected chi connectivity index (χ4v) is 1.96. The summed E-state index contributed by atoms with van der Waals surface area (Å²) in [6.45, 7) is 5.19. The van der Waals surface area contributed by atoms with Gasteiger partial charge in [-0.3, -0.25) is 4.79 Å². The SMILES string of the molecule is CC(=O)c1cc(C)ccc1OC(=O)c1ccccc1C. The summed E-state index contributed by atoms with van der Waals surface area (Å²) in [5.74, 6) is -0.271. The molecule has 0 heterocycles. The van der Waals surface area contributed by atoms with Gasteiger partial charge in [0.05, 0.1) is 11.1 Å². The molecule has 0 aliphatic heterocycles. The number of aryl methyl sites for hydroxylation is 2. The number of rotatable bonds is 3. The van der Waals surface area contributed by atoms with Crippen molar-refractivity contribution in [1.82, 2.24) is 0 Å². The summed E-state index contributed by atoms with van der Waals surface area (Å²) < 4.78 is 5.37. The predicted octanol–water partition coefficient (Wildman–Crippen LogP) is 3.73. The number of benzene rings is 2. The lowest BCUT2D eigenvalue weighted by molar-refractivity contribution is 0.0732. The Morgan fingerprint density at radius 2 is 1.65 bits per heavy atom. The number of carbonyl (C=O) groups excluding carboxylic acids is 2. The Morgan fingerprint density at radius 1 is 0.950 bits per heavy atom. The highest BCUT2D eigenvalue weighted by molar-refractivity contribution is 5.99. The van der Waals surface area contributed by atoms with Gasteiger partial charge in [-0.25, -0.2) is 4.79 Å². The van der Waals surface area contributed by atoms with E-state index in [1.165, 1.54) is 6.92 Å². The molecular weight excluding hydrogens is 252 g/mol. The van der Waals surface area contributed by atoms with Crippen LogP contribution >= 0.6 is 0 Å². The molecule has 2 aromatic rings. The molecule has 0 unspecified atom stereocenters. The fraction of sp³-hybridized carbons (Fsp3) is 0.176. The van der Waals surface area contributed by atoms with E-state index in [0.717, 1.165) is 11.1 Å². The van der Waals surface area contributed by atoms with Crippen LogP contribution in [0.3, 0.4) is 0 Å². The molecule has 0 saturated carbocycles. The molecule has 0 aliphatic rings. The van der Waals surface area contributed by atoms with Crippen molar-refractivity contribution in [2.45, 2.75) is 20.8 Å². The summed E-state index contributed by atoms with van der Waals surface area (Å²) in [6.07, 6.45) is 0. The number of ketones is 1. The lowest BCUT2D eigenvalue weighted by Crippen LogP contribution is -2.12. The van der Waals surface area contributed by atoms with E-state index < -0.39 is 5.97 Å². The van der Waals surface area contributed by atoms with Crippen LogP contribution in [0.15, 0.2) is 42.5 Å². The van der Waals surface area contributed by atoms with Crippen LogP contribution < -0.4 is 4.74 Å². The first-order valence-corrected chi connectivity index (χ1v) is 6.38. The standard InChI is InChI=1S/C17H16O3/c1-11-8-9-16(15(10-11)13(3)18)20-17(19)14-7-5-4-6-12(14)2/h4-10H,1-3H3. The zero-order chi connectivity index (χ0) is 14.7. The van der Waals surface area contributed by atoms with Gasteiger partial charge in [0.2, 0.25) is 0 Å². The van der Waals surface area contributed by atoms with Gasteiger partial charge < -0.3 is 4.74 Å². The third-order valence-corrected chi connectivity index (χ3v) is 3.08. The molecule has 0 fully saturated rings. The third-order valence-electron chi connectivity index (χ3n) is 3.08. The summed E-state index contributed by atoms with van der Waals surface area (Å²) in [5.41, 5.74) is 2.72. The van der Waals surface area contributed by atoms with Crippen LogP contribution in [0.1, 0.15) is 38.8 Å². The molecule has 0 radical (unpaired) electrons.